The van der Waals surface area contributed by atoms with Crippen molar-refractivity contribution in [2.75, 3.05) is 0 Å². The lowest BCUT2D eigenvalue weighted by Gasteiger charge is -2.43. The van der Waals surface area contributed by atoms with E-state index in [0.29, 0.717) is 0 Å². The van der Waals surface area contributed by atoms with Gasteiger partial charge in [-0.25, -0.2) is 0 Å². The van der Waals surface area contributed by atoms with Crippen molar-refractivity contribution in [2.45, 2.75) is 24.7 Å². The maximum absolute atomic E-state index is 3.97. The largest absolute Gasteiger partial charge is 0.361 e. The van der Waals surface area contributed by atoms with Crippen molar-refractivity contribution in [2.24, 2.45) is 0 Å². The first-order valence-corrected chi connectivity index (χ1v) is 14.0. The van der Waals surface area contributed by atoms with E-state index in [2.05, 4.69) is 143 Å². The fourth-order valence-electron chi connectivity index (χ4n) is 7.83. The molecule has 4 N–H and O–H groups in total. The SMILES string of the molecule is CC1(c2c[nH]c3ccccc23)c2[nH]c3ccccc3c2C(C)(c2c[nH]c3ccccc23)c2c1[nH]c1ccccc21. The Labute approximate surface area is 231 Å². The molecule has 0 fully saturated rings. The minimum atomic E-state index is -0.450. The summed E-state index contributed by atoms with van der Waals surface area (Å²) < 4.78 is 0. The Morgan fingerprint density at radius 1 is 0.425 bits per heavy atom. The molecular formula is C36H28N4. The van der Waals surface area contributed by atoms with Crippen LogP contribution in [0, 0.1) is 0 Å². The zero-order valence-corrected chi connectivity index (χ0v) is 22.4. The summed E-state index contributed by atoms with van der Waals surface area (Å²) in [5.41, 5.74) is 11.5. The van der Waals surface area contributed by atoms with E-state index < -0.39 is 10.8 Å². The van der Waals surface area contributed by atoms with Crippen molar-refractivity contribution >= 4 is 43.6 Å². The van der Waals surface area contributed by atoms with Crippen LogP contribution >= 0.6 is 0 Å². The van der Waals surface area contributed by atoms with Gasteiger partial charge in [-0.1, -0.05) is 72.8 Å². The number of aromatic nitrogens is 4. The second-order valence-corrected chi connectivity index (χ2v) is 11.6. The predicted octanol–water partition coefficient (Wildman–Crippen LogP) is 8.63. The van der Waals surface area contributed by atoms with Gasteiger partial charge in [-0.15, -0.1) is 0 Å². The van der Waals surface area contributed by atoms with E-state index in [4.69, 9.17) is 0 Å². The molecule has 4 nitrogen and oxygen atoms in total. The van der Waals surface area contributed by atoms with Crippen LogP contribution in [0.15, 0.2) is 109 Å². The molecule has 8 aromatic rings. The highest BCUT2D eigenvalue weighted by molar-refractivity contribution is 5.99. The Morgan fingerprint density at radius 3 is 1.27 bits per heavy atom. The van der Waals surface area contributed by atoms with Gasteiger partial charge in [0.1, 0.15) is 0 Å². The highest BCUT2D eigenvalue weighted by Gasteiger charge is 2.53. The lowest BCUT2D eigenvalue weighted by atomic mass is 9.58. The van der Waals surface area contributed by atoms with E-state index in [-0.39, 0.29) is 0 Å². The van der Waals surface area contributed by atoms with Crippen molar-refractivity contribution in [3.63, 3.8) is 0 Å². The molecule has 1 aliphatic carbocycles. The van der Waals surface area contributed by atoms with Crippen molar-refractivity contribution < 1.29 is 0 Å². The molecule has 0 bridgehead atoms. The van der Waals surface area contributed by atoms with E-state index in [1.807, 2.05) is 0 Å². The number of para-hydroxylation sites is 4. The molecule has 4 aromatic carbocycles. The maximum atomic E-state index is 3.97. The first-order valence-electron chi connectivity index (χ1n) is 14.0. The van der Waals surface area contributed by atoms with Gasteiger partial charge in [-0.3, -0.25) is 0 Å². The van der Waals surface area contributed by atoms with Crippen LogP contribution in [-0.4, -0.2) is 19.9 Å². The zero-order valence-electron chi connectivity index (χ0n) is 22.4. The highest BCUT2D eigenvalue weighted by atomic mass is 14.9. The fourth-order valence-corrected chi connectivity index (χ4v) is 7.83. The number of hydrogen-bond acceptors (Lipinski definition) is 0. The number of H-pyrrole nitrogens is 4. The molecular weight excluding hydrogens is 488 g/mol. The highest BCUT2D eigenvalue weighted by Crippen LogP contribution is 2.59. The van der Waals surface area contributed by atoms with E-state index in [1.54, 1.807) is 0 Å². The van der Waals surface area contributed by atoms with Crippen LogP contribution in [0.25, 0.3) is 43.6 Å². The Balaban J connectivity index is 1.52. The van der Waals surface area contributed by atoms with Gasteiger partial charge >= 0.3 is 0 Å². The minimum absolute atomic E-state index is 0.422. The number of fused-ring (bicyclic) bond motifs is 8. The van der Waals surface area contributed by atoms with Crippen LogP contribution in [0.3, 0.4) is 0 Å². The summed E-state index contributed by atoms with van der Waals surface area (Å²) in [5.74, 6) is 0. The van der Waals surface area contributed by atoms with Crippen molar-refractivity contribution in [3.05, 3.63) is 143 Å². The number of aromatic amines is 4. The summed E-state index contributed by atoms with van der Waals surface area (Å²) in [6.07, 6.45) is 4.44. The van der Waals surface area contributed by atoms with E-state index in [9.17, 15) is 0 Å². The molecule has 1 aliphatic rings. The van der Waals surface area contributed by atoms with Crippen LogP contribution in [0.1, 0.15) is 47.5 Å². The first kappa shape index (κ1) is 21.9. The average molecular weight is 517 g/mol. The third kappa shape index (κ3) is 2.48. The molecule has 0 saturated heterocycles. The number of benzene rings is 4. The lowest BCUT2D eigenvalue weighted by molar-refractivity contribution is 0.560. The summed E-state index contributed by atoms with van der Waals surface area (Å²) in [7, 11) is 0. The van der Waals surface area contributed by atoms with Crippen LogP contribution in [0.2, 0.25) is 0 Å². The van der Waals surface area contributed by atoms with Crippen LogP contribution in [0.5, 0.6) is 0 Å². The maximum Gasteiger partial charge on any atom is 0.0751 e. The van der Waals surface area contributed by atoms with E-state index in [1.165, 1.54) is 66.2 Å². The fraction of sp³-hybridized carbons (Fsp3) is 0.111. The molecule has 0 radical (unpaired) electrons. The average Bonchev–Trinajstić information content (AvgIpc) is 3.78. The summed E-state index contributed by atoms with van der Waals surface area (Å²) in [4.78, 5) is 15.1. The Hall–Kier alpha value is -4.96. The standard InChI is InChI=1S/C36H28N4/c1-35(25-19-37-27-15-7-3-11-21(25)27)31-23-13-5-9-17-29(23)39-33(31)36(2,26-20-38-28-16-8-4-12-22(26)28)34-32(35)24-14-6-10-18-30(24)40-34/h3-20,37-40H,1-2H3. The lowest BCUT2D eigenvalue weighted by Crippen LogP contribution is -2.40. The van der Waals surface area contributed by atoms with Gasteiger partial charge in [0, 0.05) is 72.8 Å². The van der Waals surface area contributed by atoms with Gasteiger partial charge in [-0.05, 0) is 60.4 Å². The van der Waals surface area contributed by atoms with Crippen LogP contribution in [-0.2, 0) is 10.8 Å². The second-order valence-electron chi connectivity index (χ2n) is 11.6. The summed E-state index contributed by atoms with van der Waals surface area (Å²) in [5, 5.41) is 5.04. The third-order valence-electron chi connectivity index (χ3n) is 9.67. The topological polar surface area (TPSA) is 63.2 Å². The van der Waals surface area contributed by atoms with E-state index in [0.717, 1.165) is 11.0 Å². The minimum Gasteiger partial charge on any atom is -0.361 e. The van der Waals surface area contributed by atoms with Crippen molar-refractivity contribution in [3.8, 4) is 0 Å². The van der Waals surface area contributed by atoms with Gasteiger partial charge in [0.15, 0.2) is 0 Å². The molecule has 40 heavy (non-hydrogen) atoms. The predicted molar refractivity (Wildman–Crippen MR) is 164 cm³/mol. The van der Waals surface area contributed by atoms with Gasteiger partial charge in [0.25, 0.3) is 0 Å². The van der Waals surface area contributed by atoms with Crippen molar-refractivity contribution in [1.29, 1.82) is 0 Å². The number of rotatable bonds is 2. The summed E-state index contributed by atoms with van der Waals surface area (Å²) in [6, 6.07) is 34.9. The molecule has 4 aromatic heterocycles. The Bertz CT molecular complexity index is 2180. The summed E-state index contributed by atoms with van der Waals surface area (Å²) >= 11 is 0. The Morgan fingerprint density at radius 2 is 0.800 bits per heavy atom. The first-order chi connectivity index (χ1) is 19.6. The molecule has 0 spiro atoms. The van der Waals surface area contributed by atoms with Gasteiger partial charge in [-0.2, -0.15) is 0 Å². The van der Waals surface area contributed by atoms with Gasteiger partial charge in [0.05, 0.1) is 5.41 Å². The molecule has 4 heterocycles. The second kappa shape index (κ2) is 7.36. The van der Waals surface area contributed by atoms with Gasteiger partial charge in [0.2, 0.25) is 0 Å². The molecule has 0 unspecified atom stereocenters. The zero-order chi connectivity index (χ0) is 26.6. The summed E-state index contributed by atoms with van der Waals surface area (Å²) in [6.45, 7) is 4.81. The Kier molecular flexibility index (Phi) is 4.03. The molecule has 0 aliphatic heterocycles. The third-order valence-corrected chi connectivity index (χ3v) is 9.67. The quantitative estimate of drug-likeness (QED) is 0.178. The van der Waals surface area contributed by atoms with E-state index >= 15 is 0 Å². The molecule has 192 valence electrons. The number of hydrogen-bond donors (Lipinski definition) is 4. The van der Waals surface area contributed by atoms with Crippen LogP contribution < -0.4 is 0 Å². The molecule has 0 amide bonds. The monoisotopic (exact) mass is 516 g/mol. The molecule has 0 atom stereocenters. The smallest absolute Gasteiger partial charge is 0.0751 e. The number of nitrogens with one attached hydrogen (secondary N) is 4. The molecule has 4 heteroatoms. The molecule has 9 rings (SSSR count). The van der Waals surface area contributed by atoms with Crippen molar-refractivity contribution in [1.82, 2.24) is 19.9 Å². The van der Waals surface area contributed by atoms with Gasteiger partial charge < -0.3 is 19.9 Å². The normalized spacial score (nSPS) is 20.4. The molecule has 0 saturated carbocycles. The van der Waals surface area contributed by atoms with Crippen LogP contribution in [0.4, 0.5) is 0 Å².